The van der Waals surface area contributed by atoms with Gasteiger partial charge in [0.1, 0.15) is 0 Å². The zero-order chi connectivity index (χ0) is 15.1. The third kappa shape index (κ3) is 4.43. The number of nitrogens with zero attached hydrogens (tertiary/aromatic N) is 1. The van der Waals surface area contributed by atoms with E-state index in [2.05, 4.69) is 0 Å². The van der Waals surface area contributed by atoms with Crippen molar-refractivity contribution in [3.8, 4) is 5.75 Å². The SMILES string of the molecule is NCC1CCCCN1C(=O)CCCOc1ccccc1F. The first kappa shape index (κ1) is 15.8. The standard InChI is InChI=1S/C16H23FN2O2/c17-14-7-1-2-8-15(14)21-11-5-9-16(20)19-10-4-3-6-13(19)12-18/h1-2,7-8,13H,3-6,9-12,18H2. The molecule has 1 fully saturated rings. The Morgan fingerprint density at radius 1 is 1.38 bits per heavy atom. The summed E-state index contributed by atoms with van der Waals surface area (Å²) in [6, 6.07) is 6.48. The zero-order valence-corrected chi connectivity index (χ0v) is 12.3. The third-order valence-electron chi connectivity index (χ3n) is 3.85. The number of rotatable bonds is 6. The lowest BCUT2D eigenvalue weighted by Gasteiger charge is -2.35. The number of piperidine rings is 1. The van der Waals surface area contributed by atoms with Gasteiger partial charge in [-0.1, -0.05) is 12.1 Å². The van der Waals surface area contributed by atoms with Crippen molar-refractivity contribution in [1.29, 1.82) is 0 Å². The molecule has 0 spiro atoms. The van der Waals surface area contributed by atoms with Crippen molar-refractivity contribution in [3.05, 3.63) is 30.1 Å². The normalized spacial score (nSPS) is 18.6. The van der Waals surface area contributed by atoms with Gasteiger partial charge >= 0.3 is 0 Å². The number of amides is 1. The summed E-state index contributed by atoms with van der Waals surface area (Å²) in [5, 5.41) is 0. The van der Waals surface area contributed by atoms with Crippen molar-refractivity contribution in [3.63, 3.8) is 0 Å². The minimum atomic E-state index is -0.372. The summed E-state index contributed by atoms with van der Waals surface area (Å²) in [5.74, 6) is -0.00640. The highest BCUT2D eigenvalue weighted by Gasteiger charge is 2.24. The van der Waals surface area contributed by atoms with Gasteiger partial charge < -0.3 is 15.4 Å². The highest BCUT2D eigenvalue weighted by molar-refractivity contribution is 5.76. The molecule has 0 bridgehead atoms. The first-order valence-corrected chi connectivity index (χ1v) is 7.59. The van der Waals surface area contributed by atoms with Gasteiger partial charge in [0.2, 0.25) is 5.91 Å². The zero-order valence-electron chi connectivity index (χ0n) is 12.3. The van der Waals surface area contributed by atoms with Crippen LogP contribution in [0.2, 0.25) is 0 Å². The minimum absolute atomic E-state index is 0.127. The van der Waals surface area contributed by atoms with Crippen molar-refractivity contribution in [1.82, 2.24) is 4.90 Å². The summed E-state index contributed by atoms with van der Waals surface area (Å²) in [7, 11) is 0. The number of carbonyl (C=O) groups is 1. The van der Waals surface area contributed by atoms with Crippen LogP contribution in [0.25, 0.3) is 0 Å². The van der Waals surface area contributed by atoms with Gasteiger partial charge in [-0.2, -0.15) is 0 Å². The molecule has 21 heavy (non-hydrogen) atoms. The van der Waals surface area contributed by atoms with E-state index in [4.69, 9.17) is 10.5 Å². The van der Waals surface area contributed by atoms with Gasteiger partial charge in [0, 0.05) is 25.6 Å². The molecule has 1 amide bonds. The molecule has 5 heteroatoms. The summed E-state index contributed by atoms with van der Waals surface area (Å²) < 4.78 is 18.7. The summed E-state index contributed by atoms with van der Waals surface area (Å²) in [6.45, 7) is 1.67. The summed E-state index contributed by atoms with van der Waals surface area (Å²) in [6.07, 6.45) is 4.19. The largest absolute Gasteiger partial charge is 0.491 e. The van der Waals surface area contributed by atoms with E-state index < -0.39 is 0 Å². The number of likely N-dealkylation sites (tertiary alicyclic amines) is 1. The van der Waals surface area contributed by atoms with Crippen molar-refractivity contribution in [2.75, 3.05) is 19.7 Å². The second-order valence-corrected chi connectivity index (χ2v) is 5.35. The lowest BCUT2D eigenvalue weighted by atomic mass is 10.0. The van der Waals surface area contributed by atoms with Crippen LogP contribution >= 0.6 is 0 Å². The Kier molecular flexibility index (Phi) is 5.99. The van der Waals surface area contributed by atoms with Crippen LogP contribution in [0, 0.1) is 5.82 Å². The average Bonchev–Trinajstić information content (AvgIpc) is 2.52. The van der Waals surface area contributed by atoms with Crippen LogP contribution in [-0.4, -0.2) is 36.5 Å². The van der Waals surface area contributed by atoms with E-state index in [9.17, 15) is 9.18 Å². The maximum Gasteiger partial charge on any atom is 0.222 e. The average molecular weight is 294 g/mol. The van der Waals surface area contributed by atoms with Gasteiger partial charge in [-0.05, 0) is 37.8 Å². The number of benzene rings is 1. The maximum atomic E-state index is 13.3. The van der Waals surface area contributed by atoms with Crippen molar-refractivity contribution >= 4 is 5.91 Å². The topological polar surface area (TPSA) is 55.6 Å². The summed E-state index contributed by atoms with van der Waals surface area (Å²) >= 11 is 0. The molecule has 0 saturated carbocycles. The number of hydrogen-bond acceptors (Lipinski definition) is 3. The smallest absolute Gasteiger partial charge is 0.222 e. The molecule has 2 rings (SSSR count). The van der Waals surface area contributed by atoms with Gasteiger partial charge in [0.25, 0.3) is 0 Å². The van der Waals surface area contributed by atoms with Gasteiger partial charge in [0.05, 0.1) is 6.61 Å². The Labute approximate surface area is 125 Å². The fraction of sp³-hybridized carbons (Fsp3) is 0.562. The number of carbonyl (C=O) groups excluding carboxylic acids is 1. The first-order valence-electron chi connectivity index (χ1n) is 7.59. The molecular weight excluding hydrogens is 271 g/mol. The van der Waals surface area contributed by atoms with Gasteiger partial charge in [0.15, 0.2) is 11.6 Å². The van der Waals surface area contributed by atoms with Crippen LogP contribution in [0.5, 0.6) is 5.75 Å². The molecule has 1 saturated heterocycles. The van der Waals surface area contributed by atoms with E-state index >= 15 is 0 Å². The van der Waals surface area contributed by atoms with E-state index in [0.717, 1.165) is 25.8 Å². The number of hydrogen-bond donors (Lipinski definition) is 1. The Balaban J connectivity index is 1.73. The lowest BCUT2D eigenvalue weighted by Crippen LogP contribution is -2.47. The molecule has 1 aromatic rings. The van der Waals surface area contributed by atoms with E-state index in [0.29, 0.717) is 26.0 Å². The van der Waals surface area contributed by atoms with E-state index in [1.807, 2.05) is 4.90 Å². The van der Waals surface area contributed by atoms with Crippen molar-refractivity contribution in [2.24, 2.45) is 5.73 Å². The Bertz CT molecular complexity index is 467. The number of ether oxygens (including phenoxy) is 1. The van der Waals surface area contributed by atoms with Crippen molar-refractivity contribution < 1.29 is 13.9 Å². The summed E-state index contributed by atoms with van der Waals surface area (Å²) in [5.41, 5.74) is 5.72. The molecule has 4 nitrogen and oxygen atoms in total. The van der Waals surface area contributed by atoms with Gasteiger partial charge in [-0.15, -0.1) is 0 Å². The first-order chi connectivity index (χ1) is 10.2. The van der Waals surface area contributed by atoms with Crippen LogP contribution in [0.15, 0.2) is 24.3 Å². The molecule has 2 N–H and O–H groups in total. The van der Waals surface area contributed by atoms with Gasteiger partial charge in [-0.25, -0.2) is 4.39 Å². The maximum absolute atomic E-state index is 13.3. The second kappa shape index (κ2) is 7.98. The number of para-hydroxylation sites is 1. The molecule has 1 heterocycles. The molecule has 1 atom stereocenters. The highest BCUT2D eigenvalue weighted by atomic mass is 19.1. The second-order valence-electron chi connectivity index (χ2n) is 5.35. The van der Waals surface area contributed by atoms with Crippen LogP contribution < -0.4 is 10.5 Å². The Morgan fingerprint density at radius 3 is 2.95 bits per heavy atom. The molecule has 1 aromatic carbocycles. The van der Waals surface area contributed by atoms with E-state index in [1.165, 1.54) is 6.07 Å². The van der Waals surface area contributed by atoms with Gasteiger partial charge in [-0.3, -0.25) is 4.79 Å². The van der Waals surface area contributed by atoms with Crippen LogP contribution in [-0.2, 0) is 4.79 Å². The number of halogens is 1. The molecule has 1 unspecified atom stereocenters. The molecular formula is C16H23FN2O2. The molecule has 1 aliphatic heterocycles. The fourth-order valence-electron chi connectivity index (χ4n) is 2.68. The minimum Gasteiger partial charge on any atom is -0.491 e. The molecule has 0 aliphatic carbocycles. The third-order valence-corrected chi connectivity index (χ3v) is 3.85. The molecule has 0 radical (unpaired) electrons. The van der Waals surface area contributed by atoms with Crippen LogP contribution in [0.1, 0.15) is 32.1 Å². The Morgan fingerprint density at radius 2 is 2.19 bits per heavy atom. The predicted octanol–water partition coefficient (Wildman–Crippen LogP) is 2.32. The van der Waals surface area contributed by atoms with Crippen LogP contribution in [0.4, 0.5) is 4.39 Å². The highest BCUT2D eigenvalue weighted by Crippen LogP contribution is 2.18. The fourth-order valence-corrected chi connectivity index (χ4v) is 2.68. The quantitative estimate of drug-likeness (QED) is 0.819. The van der Waals surface area contributed by atoms with E-state index in [1.54, 1.807) is 18.2 Å². The van der Waals surface area contributed by atoms with Crippen LogP contribution in [0.3, 0.4) is 0 Å². The Hall–Kier alpha value is -1.62. The van der Waals surface area contributed by atoms with Crippen molar-refractivity contribution in [2.45, 2.75) is 38.1 Å². The molecule has 0 aromatic heterocycles. The molecule has 1 aliphatic rings. The lowest BCUT2D eigenvalue weighted by molar-refractivity contribution is -0.134. The predicted molar refractivity (Wildman–Crippen MR) is 79.5 cm³/mol. The van der Waals surface area contributed by atoms with E-state index in [-0.39, 0.29) is 23.5 Å². The molecule has 116 valence electrons. The summed E-state index contributed by atoms with van der Waals surface area (Å²) in [4.78, 5) is 14.1. The number of nitrogens with two attached hydrogens (primary N) is 1. The monoisotopic (exact) mass is 294 g/mol.